The van der Waals surface area contributed by atoms with Crippen molar-refractivity contribution in [2.45, 2.75) is 12.5 Å². The van der Waals surface area contributed by atoms with E-state index in [2.05, 4.69) is 0 Å². The number of hydrogen-bond donors (Lipinski definition) is 3. The SMILES string of the molecule is F.NC(CC(=O)O)C(=O)O. The number of rotatable bonds is 3. The second kappa shape index (κ2) is 4.68. The van der Waals surface area contributed by atoms with Gasteiger partial charge in [-0.3, -0.25) is 14.3 Å². The van der Waals surface area contributed by atoms with Crippen LogP contribution in [0.25, 0.3) is 0 Å². The van der Waals surface area contributed by atoms with Crippen LogP contribution in [0.4, 0.5) is 4.70 Å². The van der Waals surface area contributed by atoms with Crippen LogP contribution >= 0.6 is 0 Å². The van der Waals surface area contributed by atoms with E-state index in [1.807, 2.05) is 0 Å². The molecule has 0 radical (unpaired) electrons. The molecule has 1 atom stereocenters. The zero-order valence-corrected chi connectivity index (χ0v) is 4.98. The lowest BCUT2D eigenvalue weighted by atomic mass is 10.2. The highest BCUT2D eigenvalue weighted by Crippen LogP contribution is 1.86. The van der Waals surface area contributed by atoms with Crippen molar-refractivity contribution in [2.75, 3.05) is 0 Å². The predicted octanol–water partition coefficient (Wildman–Crippen LogP) is -0.975. The van der Waals surface area contributed by atoms with E-state index in [4.69, 9.17) is 15.9 Å². The van der Waals surface area contributed by atoms with Gasteiger partial charge < -0.3 is 15.9 Å². The van der Waals surface area contributed by atoms with Gasteiger partial charge in [-0.05, 0) is 0 Å². The van der Waals surface area contributed by atoms with Crippen molar-refractivity contribution in [3.05, 3.63) is 0 Å². The Labute approximate surface area is 55.8 Å². The Hall–Kier alpha value is -1.17. The summed E-state index contributed by atoms with van der Waals surface area (Å²) in [6, 6.07) is -1.29. The molecule has 0 aromatic heterocycles. The number of carboxylic acid groups (broad SMARTS) is 2. The van der Waals surface area contributed by atoms with E-state index in [-0.39, 0.29) is 4.70 Å². The summed E-state index contributed by atoms with van der Waals surface area (Å²) in [5.41, 5.74) is 4.84. The van der Waals surface area contributed by atoms with E-state index in [1.165, 1.54) is 0 Å². The Morgan fingerprint density at radius 2 is 1.80 bits per heavy atom. The molecule has 0 saturated carbocycles. The normalized spacial score (nSPS) is 11.3. The van der Waals surface area contributed by atoms with Crippen molar-refractivity contribution < 1.29 is 24.5 Å². The third-order valence-electron chi connectivity index (χ3n) is 0.712. The summed E-state index contributed by atoms with van der Waals surface area (Å²) >= 11 is 0. The van der Waals surface area contributed by atoms with Crippen LogP contribution in [-0.4, -0.2) is 28.2 Å². The molecular weight excluding hydrogens is 145 g/mol. The Kier molecular flexibility index (Phi) is 5.44. The van der Waals surface area contributed by atoms with E-state index >= 15 is 0 Å². The van der Waals surface area contributed by atoms with Gasteiger partial charge >= 0.3 is 11.9 Å². The van der Waals surface area contributed by atoms with Crippen molar-refractivity contribution in [3.8, 4) is 0 Å². The summed E-state index contributed by atoms with van der Waals surface area (Å²) in [6.45, 7) is 0. The smallest absolute Gasteiger partial charge is 0.321 e. The van der Waals surface area contributed by atoms with E-state index in [1.54, 1.807) is 0 Å². The average Bonchev–Trinajstić information content (AvgIpc) is 1.63. The first-order valence-corrected chi connectivity index (χ1v) is 2.24. The molecule has 0 fully saturated rings. The van der Waals surface area contributed by atoms with Gasteiger partial charge in [-0.2, -0.15) is 0 Å². The molecule has 0 spiro atoms. The fourth-order valence-corrected chi connectivity index (χ4v) is 0.275. The van der Waals surface area contributed by atoms with Gasteiger partial charge in [0, 0.05) is 0 Å². The molecule has 0 rings (SSSR count). The fourth-order valence-electron chi connectivity index (χ4n) is 0.275. The maximum Gasteiger partial charge on any atom is 0.321 e. The van der Waals surface area contributed by atoms with Gasteiger partial charge in [0.1, 0.15) is 6.04 Å². The molecule has 5 nitrogen and oxygen atoms in total. The minimum Gasteiger partial charge on any atom is -0.481 e. The number of halogens is 1. The molecule has 10 heavy (non-hydrogen) atoms. The first-order valence-electron chi connectivity index (χ1n) is 2.24. The number of carboxylic acids is 2. The van der Waals surface area contributed by atoms with Gasteiger partial charge in [0.25, 0.3) is 0 Å². The van der Waals surface area contributed by atoms with Crippen LogP contribution in [0, 0.1) is 0 Å². The van der Waals surface area contributed by atoms with Gasteiger partial charge in [-0.15, -0.1) is 0 Å². The minimum absolute atomic E-state index is 0. The van der Waals surface area contributed by atoms with Crippen LogP contribution in [0.1, 0.15) is 6.42 Å². The maximum atomic E-state index is 9.85. The van der Waals surface area contributed by atoms with Crippen molar-refractivity contribution in [2.24, 2.45) is 5.73 Å². The molecule has 0 aromatic rings. The van der Waals surface area contributed by atoms with E-state index < -0.39 is 24.4 Å². The fraction of sp³-hybridized carbons (Fsp3) is 0.500. The van der Waals surface area contributed by atoms with Crippen LogP contribution in [0.15, 0.2) is 0 Å². The molecule has 0 aliphatic heterocycles. The van der Waals surface area contributed by atoms with E-state index in [0.717, 1.165) is 0 Å². The highest BCUT2D eigenvalue weighted by molar-refractivity contribution is 5.80. The van der Waals surface area contributed by atoms with Gasteiger partial charge in [0.05, 0.1) is 6.42 Å². The molecule has 0 aliphatic carbocycles. The first kappa shape index (κ1) is 11.6. The molecule has 60 valence electrons. The highest BCUT2D eigenvalue weighted by Gasteiger charge is 2.14. The summed E-state index contributed by atoms with van der Waals surface area (Å²) in [7, 11) is 0. The van der Waals surface area contributed by atoms with Gasteiger partial charge in [-0.25, -0.2) is 0 Å². The number of nitrogens with two attached hydrogens (primary N) is 1. The lowest BCUT2D eigenvalue weighted by Crippen LogP contribution is -2.32. The van der Waals surface area contributed by atoms with Crippen LogP contribution in [-0.2, 0) is 9.59 Å². The molecular formula is C4H8FNO4. The standard InChI is InChI=1S/C4H7NO4.FH/c5-2(4(8)9)1-3(6)7;/h2H,1,5H2,(H,6,7)(H,8,9);1H. The zero-order valence-electron chi connectivity index (χ0n) is 4.98. The van der Waals surface area contributed by atoms with E-state index in [0.29, 0.717) is 0 Å². The van der Waals surface area contributed by atoms with E-state index in [9.17, 15) is 9.59 Å². The molecule has 0 aromatic carbocycles. The summed E-state index contributed by atoms with van der Waals surface area (Å²) in [5, 5.41) is 16.0. The molecule has 6 heteroatoms. The first-order chi connectivity index (χ1) is 4.04. The van der Waals surface area contributed by atoms with Crippen molar-refractivity contribution in [1.29, 1.82) is 0 Å². The van der Waals surface area contributed by atoms with Crippen LogP contribution in [0.2, 0.25) is 0 Å². The highest BCUT2D eigenvalue weighted by atomic mass is 19.0. The van der Waals surface area contributed by atoms with Gasteiger partial charge in [0.2, 0.25) is 0 Å². The summed E-state index contributed by atoms with van der Waals surface area (Å²) in [4.78, 5) is 19.6. The lowest BCUT2D eigenvalue weighted by Gasteiger charge is -1.99. The Morgan fingerprint density at radius 1 is 1.40 bits per heavy atom. The largest absolute Gasteiger partial charge is 0.481 e. The van der Waals surface area contributed by atoms with Crippen LogP contribution in [0.3, 0.4) is 0 Å². The summed E-state index contributed by atoms with van der Waals surface area (Å²) < 4.78 is 0. The van der Waals surface area contributed by atoms with Gasteiger partial charge in [-0.1, -0.05) is 0 Å². The van der Waals surface area contributed by atoms with Crippen LogP contribution < -0.4 is 5.73 Å². The molecule has 0 saturated heterocycles. The average molecular weight is 153 g/mol. The Balaban J connectivity index is 0. The maximum absolute atomic E-state index is 9.85. The quantitative estimate of drug-likeness (QED) is 0.484. The van der Waals surface area contributed by atoms with Crippen molar-refractivity contribution >= 4 is 11.9 Å². The molecule has 0 aliphatic rings. The van der Waals surface area contributed by atoms with Crippen LogP contribution in [0.5, 0.6) is 0 Å². The molecule has 4 N–H and O–H groups in total. The van der Waals surface area contributed by atoms with Crippen molar-refractivity contribution in [3.63, 3.8) is 0 Å². The molecule has 0 heterocycles. The molecule has 0 amide bonds. The second-order valence-electron chi connectivity index (χ2n) is 1.54. The third-order valence-corrected chi connectivity index (χ3v) is 0.712. The molecule has 0 bridgehead atoms. The monoisotopic (exact) mass is 153 g/mol. The minimum atomic E-state index is -1.29. The number of aliphatic carboxylic acids is 2. The summed E-state index contributed by atoms with van der Waals surface area (Å²) in [6.07, 6.45) is -0.532. The number of hydrogen-bond acceptors (Lipinski definition) is 3. The summed E-state index contributed by atoms with van der Waals surface area (Å²) in [5.74, 6) is -2.50. The lowest BCUT2D eigenvalue weighted by molar-refractivity contribution is -0.144. The Bertz CT molecular complexity index is 137. The Morgan fingerprint density at radius 3 is 1.90 bits per heavy atom. The third kappa shape index (κ3) is 4.98. The zero-order chi connectivity index (χ0) is 7.44. The van der Waals surface area contributed by atoms with Gasteiger partial charge in [0.15, 0.2) is 0 Å². The topological polar surface area (TPSA) is 101 Å². The predicted molar refractivity (Wildman–Crippen MR) is 30.4 cm³/mol. The van der Waals surface area contributed by atoms with Crippen molar-refractivity contribution in [1.82, 2.24) is 0 Å². The second-order valence-corrected chi connectivity index (χ2v) is 1.54. The number of carbonyl (C=O) groups is 2. The molecule has 1 unspecified atom stereocenters.